The Balaban J connectivity index is 1.71. The van der Waals surface area contributed by atoms with Gasteiger partial charge in [0.2, 0.25) is 0 Å². The lowest BCUT2D eigenvalue weighted by Gasteiger charge is -2.36. The Morgan fingerprint density at radius 2 is 2.30 bits per heavy atom. The van der Waals surface area contributed by atoms with Gasteiger partial charge in [0.05, 0.1) is 12.7 Å². The van der Waals surface area contributed by atoms with Crippen molar-refractivity contribution in [3.8, 4) is 0 Å². The number of halogens is 1. The molecule has 1 saturated heterocycles. The van der Waals surface area contributed by atoms with Gasteiger partial charge in [-0.05, 0) is 36.7 Å². The van der Waals surface area contributed by atoms with Crippen molar-refractivity contribution in [3.05, 3.63) is 34.6 Å². The van der Waals surface area contributed by atoms with Gasteiger partial charge in [-0.25, -0.2) is 9.87 Å². The summed E-state index contributed by atoms with van der Waals surface area (Å²) >= 11 is 0. The van der Waals surface area contributed by atoms with Crippen molar-refractivity contribution in [2.75, 3.05) is 39.8 Å². The minimum Gasteiger partial charge on any atom is -0.374 e. The maximum Gasteiger partial charge on any atom is 0.274 e. The van der Waals surface area contributed by atoms with Crippen LogP contribution in [0.15, 0.2) is 12.1 Å². The lowest BCUT2D eigenvalue weighted by atomic mass is 9.96. The Morgan fingerprint density at radius 1 is 1.48 bits per heavy atom. The molecule has 1 fully saturated rings. The number of likely N-dealkylation sites (N-methyl/N-ethyl adjacent to an activating group) is 1. The van der Waals surface area contributed by atoms with Gasteiger partial charge >= 0.3 is 0 Å². The number of morpholine rings is 1. The Bertz CT molecular complexity index is 596. The predicted octanol–water partition coefficient (Wildman–Crippen LogP) is 0.633. The molecule has 2 heterocycles. The SMILES string of the molecule is CN1CCOC(CN2CCc3c(F)cc(C(=O)NO)cc3C2)C1. The second kappa shape index (κ2) is 6.92. The van der Waals surface area contributed by atoms with Crippen molar-refractivity contribution in [2.45, 2.75) is 19.1 Å². The molecule has 0 bridgehead atoms. The summed E-state index contributed by atoms with van der Waals surface area (Å²) in [6.45, 7) is 4.74. The van der Waals surface area contributed by atoms with Crippen molar-refractivity contribution in [2.24, 2.45) is 0 Å². The number of hydroxylamine groups is 1. The summed E-state index contributed by atoms with van der Waals surface area (Å²) in [5.41, 5.74) is 3.16. The molecule has 7 heteroatoms. The van der Waals surface area contributed by atoms with E-state index in [0.717, 1.165) is 38.3 Å². The first-order chi connectivity index (χ1) is 11.1. The van der Waals surface area contributed by atoms with Gasteiger partial charge in [-0.3, -0.25) is 14.9 Å². The maximum absolute atomic E-state index is 14.2. The Labute approximate surface area is 134 Å². The number of carbonyl (C=O) groups excluding carboxylic acids is 1. The fourth-order valence-corrected chi connectivity index (χ4v) is 3.32. The highest BCUT2D eigenvalue weighted by Gasteiger charge is 2.25. The predicted molar refractivity (Wildman–Crippen MR) is 81.9 cm³/mol. The smallest absolute Gasteiger partial charge is 0.274 e. The molecule has 3 rings (SSSR count). The largest absolute Gasteiger partial charge is 0.374 e. The van der Waals surface area contributed by atoms with E-state index in [4.69, 9.17) is 9.94 Å². The summed E-state index contributed by atoms with van der Waals surface area (Å²) in [5, 5.41) is 8.72. The van der Waals surface area contributed by atoms with Crippen LogP contribution >= 0.6 is 0 Å². The van der Waals surface area contributed by atoms with Crippen molar-refractivity contribution < 1.29 is 19.1 Å². The first kappa shape index (κ1) is 16.3. The highest BCUT2D eigenvalue weighted by atomic mass is 19.1. The third-order valence-electron chi connectivity index (χ3n) is 4.53. The standard InChI is InChI=1S/C16H22FN3O3/c1-19-4-5-23-13(9-19)10-20-3-2-14-12(8-20)6-11(7-15(14)17)16(21)18-22/h6-7,13,22H,2-5,8-10H2,1H3,(H,18,21). The van der Waals surface area contributed by atoms with Gasteiger partial charge in [0.1, 0.15) is 5.82 Å². The van der Waals surface area contributed by atoms with E-state index in [0.29, 0.717) is 18.5 Å². The van der Waals surface area contributed by atoms with Gasteiger partial charge < -0.3 is 9.64 Å². The molecule has 0 saturated carbocycles. The number of ether oxygens (including phenoxy) is 1. The Morgan fingerprint density at radius 3 is 3.04 bits per heavy atom. The Hall–Kier alpha value is -1.54. The van der Waals surface area contributed by atoms with Gasteiger partial charge in [-0.2, -0.15) is 0 Å². The van der Waals surface area contributed by atoms with Crippen LogP contribution in [0, 0.1) is 5.82 Å². The van der Waals surface area contributed by atoms with Crippen LogP contribution in [0.3, 0.4) is 0 Å². The number of nitrogens with one attached hydrogen (secondary N) is 1. The first-order valence-corrected chi connectivity index (χ1v) is 7.85. The molecule has 2 N–H and O–H groups in total. The highest BCUT2D eigenvalue weighted by Crippen LogP contribution is 2.24. The monoisotopic (exact) mass is 323 g/mol. The maximum atomic E-state index is 14.2. The van der Waals surface area contributed by atoms with E-state index in [9.17, 15) is 9.18 Å². The van der Waals surface area contributed by atoms with E-state index in [1.54, 1.807) is 11.5 Å². The molecule has 1 aromatic rings. The lowest BCUT2D eigenvalue weighted by molar-refractivity contribution is -0.0373. The molecule has 1 unspecified atom stereocenters. The molecule has 2 aliphatic heterocycles. The number of fused-ring (bicyclic) bond motifs is 1. The summed E-state index contributed by atoms with van der Waals surface area (Å²) in [6, 6.07) is 2.84. The average Bonchev–Trinajstić information content (AvgIpc) is 2.53. The molecule has 1 aromatic carbocycles. The normalized spacial score (nSPS) is 22.7. The number of carbonyl (C=O) groups is 1. The van der Waals surface area contributed by atoms with Gasteiger partial charge in [0.15, 0.2) is 0 Å². The van der Waals surface area contributed by atoms with Crippen LogP contribution in [-0.2, 0) is 17.7 Å². The minimum absolute atomic E-state index is 0.138. The summed E-state index contributed by atoms with van der Waals surface area (Å²) in [5.74, 6) is -1.07. The van der Waals surface area contributed by atoms with Gasteiger partial charge in [0, 0.05) is 38.3 Å². The second-order valence-corrected chi connectivity index (χ2v) is 6.28. The summed E-state index contributed by atoms with van der Waals surface area (Å²) in [7, 11) is 2.08. The fourth-order valence-electron chi connectivity index (χ4n) is 3.32. The van der Waals surface area contributed by atoms with E-state index < -0.39 is 5.91 Å². The van der Waals surface area contributed by atoms with Crippen molar-refractivity contribution in [3.63, 3.8) is 0 Å². The molecule has 126 valence electrons. The molecular formula is C16H22FN3O3. The quantitative estimate of drug-likeness (QED) is 0.631. The molecule has 0 aromatic heterocycles. The molecule has 23 heavy (non-hydrogen) atoms. The van der Waals surface area contributed by atoms with Crippen LogP contribution in [0.5, 0.6) is 0 Å². The summed E-state index contributed by atoms with van der Waals surface area (Å²) < 4.78 is 19.9. The van der Waals surface area contributed by atoms with Crippen molar-refractivity contribution in [1.82, 2.24) is 15.3 Å². The van der Waals surface area contributed by atoms with Gasteiger partial charge in [-0.15, -0.1) is 0 Å². The number of benzene rings is 1. The molecule has 1 amide bonds. The van der Waals surface area contributed by atoms with Crippen molar-refractivity contribution >= 4 is 5.91 Å². The van der Waals surface area contributed by atoms with Crippen LogP contribution < -0.4 is 5.48 Å². The number of amides is 1. The highest BCUT2D eigenvalue weighted by molar-refractivity contribution is 5.93. The molecule has 6 nitrogen and oxygen atoms in total. The van der Waals surface area contributed by atoms with E-state index in [-0.39, 0.29) is 17.5 Å². The topological polar surface area (TPSA) is 65.0 Å². The first-order valence-electron chi connectivity index (χ1n) is 7.85. The van der Waals surface area contributed by atoms with Crippen molar-refractivity contribution in [1.29, 1.82) is 0 Å². The second-order valence-electron chi connectivity index (χ2n) is 6.28. The zero-order valence-electron chi connectivity index (χ0n) is 13.2. The summed E-state index contributed by atoms with van der Waals surface area (Å²) in [6.07, 6.45) is 0.772. The molecule has 0 radical (unpaired) electrons. The Kier molecular flexibility index (Phi) is 4.91. The van der Waals surface area contributed by atoms with Crippen LogP contribution in [-0.4, -0.2) is 66.9 Å². The third-order valence-corrected chi connectivity index (χ3v) is 4.53. The van der Waals surface area contributed by atoms with E-state index in [1.165, 1.54) is 6.07 Å². The zero-order valence-corrected chi connectivity index (χ0v) is 13.2. The fraction of sp³-hybridized carbons (Fsp3) is 0.562. The van der Waals surface area contributed by atoms with Crippen LogP contribution in [0.1, 0.15) is 21.5 Å². The van der Waals surface area contributed by atoms with Crippen LogP contribution in [0.2, 0.25) is 0 Å². The minimum atomic E-state index is -0.693. The number of hydrogen-bond acceptors (Lipinski definition) is 5. The third kappa shape index (κ3) is 3.69. The lowest BCUT2D eigenvalue weighted by Crippen LogP contribution is -2.47. The zero-order chi connectivity index (χ0) is 16.4. The van der Waals surface area contributed by atoms with E-state index >= 15 is 0 Å². The number of hydrogen-bond donors (Lipinski definition) is 2. The van der Waals surface area contributed by atoms with Crippen LogP contribution in [0.25, 0.3) is 0 Å². The summed E-state index contributed by atoms with van der Waals surface area (Å²) in [4.78, 5) is 16.0. The van der Waals surface area contributed by atoms with E-state index in [1.807, 2.05) is 0 Å². The molecular weight excluding hydrogens is 301 g/mol. The average molecular weight is 323 g/mol. The van der Waals surface area contributed by atoms with Gasteiger partial charge in [0.25, 0.3) is 5.91 Å². The van der Waals surface area contributed by atoms with E-state index in [2.05, 4.69) is 16.8 Å². The molecule has 0 spiro atoms. The van der Waals surface area contributed by atoms with Gasteiger partial charge in [-0.1, -0.05) is 0 Å². The molecule has 0 aliphatic carbocycles. The molecule has 1 atom stereocenters. The van der Waals surface area contributed by atoms with Crippen LogP contribution in [0.4, 0.5) is 4.39 Å². The number of nitrogens with zero attached hydrogens (tertiary/aromatic N) is 2. The number of rotatable bonds is 3. The molecule has 2 aliphatic rings.